The molecule has 0 atom stereocenters. The molecule has 0 spiro atoms. The highest BCUT2D eigenvalue weighted by atomic mass is 35.5. The Kier molecular flexibility index (Phi) is 5.79. The quantitative estimate of drug-likeness (QED) is 0.806. The number of amides is 1. The molecule has 6 nitrogen and oxygen atoms in total. The first-order valence-electron chi connectivity index (χ1n) is 5.79. The summed E-state index contributed by atoms with van der Waals surface area (Å²) in [5, 5.41) is 2.58. The van der Waals surface area contributed by atoms with Crippen LogP contribution in [0.15, 0.2) is 23.1 Å². The average Bonchev–Trinajstić information content (AvgIpc) is 2.38. The van der Waals surface area contributed by atoms with Gasteiger partial charge in [-0.25, -0.2) is 12.7 Å². The number of nitrogens with one attached hydrogen (secondary N) is 1. The van der Waals surface area contributed by atoms with E-state index in [1.165, 1.54) is 39.4 Å². The number of hydrogen-bond acceptors (Lipinski definition) is 4. The lowest BCUT2D eigenvalue weighted by Gasteiger charge is -2.15. The Morgan fingerprint density at radius 3 is 2.55 bits per heavy atom. The minimum atomic E-state index is -3.57. The van der Waals surface area contributed by atoms with Gasteiger partial charge in [-0.3, -0.25) is 4.79 Å². The fraction of sp³-hybridized carbons (Fsp3) is 0.417. The number of sulfonamides is 1. The largest absolute Gasteiger partial charge is 0.495 e. The highest BCUT2D eigenvalue weighted by Crippen LogP contribution is 2.28. The van der Waals surface area contributed by atoms with Crippen molar-refractivity contribution < 1.29 is 17.9 Å². The molecule has 0 aliphatic carbocycles. The van der Waals surface area contributed by atoms with Gasteiger partial charge in [0.05, 0.1) is 17.7 Å². The molecule has 20 heavy (non-hydrogen) atoms. The number of ether oxygens (including phenoxy) is 1. The van der Waals surface area contributed by atoms with Crippen LogP contribution in [0.5, 0.6) is 5.75 Å². The summed E-state index contributed by atoms with van der Waals surface area (Å²) in [7, 11) is 0.737. The number of hydrogen-bond donors (Lipinski definition) is 1. The van der Waals surface area contributed by atoms with Crippen LogP contribution in [0.4, 0.5) is 5.69 Å². The van der Waals surface area contributed by atoms with Crippen molar-refractivity contribution in [1.82, 2.24) is 4.31 Å². The maximum absolute atomic E-state index is 12.0. The molecule has 1 rings (SSSR count). The van der Waals surface area contributed by atoms with Gasteiger partial charge in [-0.15, -0.1) is 11.6 Å². The first-order chi connectivity index (χ1) is 9.32. The normalized spacial score (nSPS) is 11.4. The number of carbonyl (C=O) groups is 1. The summed E-state index contributed by atoms with van der Waals surface area (Å²) in [5.41, 5.74) is 0.297. The maximum Gasteiger partial charge on any atom is 0.242 e. The molecule has 0 unspecified atom stereocenters. The van der Waals surface area contributed by atoms with Gasteiger partial charge in [-0.1, -0.05) is 0 Å². The first kappa shape index (κ1) is 16.7. The molecule has 0 fully saturated rings. The van der Waals surface area contributed by atoms with Gasteiger partial charge in [0.2, 0.25) is 15.9 Å². The molecule has 1 N–H and O–H groups in total. The van der Waals surface area contributed by atoms with Crippen LogP contribution in [0.3, 0.4) is 0 Å². The van der Waals surface area contributed by atoms with Crippen LogP contribution in [0, 0.1) is 0 Å². The minimum Gasteiger partial charge on any atom is -0.495 e. The number of carbonyl (C=O) groups excluding carboxylic acids is 1. The van der Waals surface area contributed by atoms with Gasteiger partial charge in [0.1, 0.15) is 5.75 Å². The van der Waals surface area contributed by atoms with Crippen molar-refractivity contribution in [3.63, 3.8) is 0 Å². The van der Waals surface area contributed by atoms with E-state index in [0.29, 0.717) is 11.4 Å². The molecule has 0 bridgehead atoms. The lowest BCUT2D eigenvalue weighted by atomic mass is 10.3. The van der Waals surface area contributed by atoms with E-state index in [2.05, 4.69) is 5.32 Å². The summed E-state index contributed by atoms with van der Waals surface area (Å²) < 4.78 is 30.3. The summed E-state index contributed by atoms with van der Waals surface area (Å²) >= 11 is 5.49. The molecule has 0 aromatic heterocycles. The molecule has 1 amide bonds. The zero-order valence-electron chi connectivity index (χ0n) is 11.5. The van der Waals surface area contributed by atoms with Gasteiger partial charge in [0.25, 0.3) is 0 Å². The highest BCUT2D eigenvalue weighted by molar-refractivity contribution is 7.89. The van der Waals surface area contributed by atoms with Crippen molar-refractivity contribution in [1.29, 1.82) is 0 Å². The van der Waals surface area contributed by atoms with Crippen LogP contribution in [0.1, 0.15) is 6.42 Å². The maximum atomic E-state index is 12.0. The molecule has 1 aromatic carbocycles. The van der Waals surface area contributed by atoms with Crippen LogP contribution >= 0.6 is 11.6 Å². The predicted octanol–water partition coefficient (Wildman–Crippen LogP) is 1.51. The summed E-state index contributed by atoms with van der Waals surface area (Å²) in [6.45, 7) is 0. The lowest BCUT2D eigenvalue weighted by Crippen LogP contribution is -2.22. The second-order valence-corrected chi connectivity index (χ2v) is 6.67. The van der Waals surface area contributed by atoms with E-state index in [1.54, 1.807) is 0 Å². The molecule has 0 heterocycles. The van der Waals surface area contributed by atoms with Crippen molar-refractivity contribution in [3.8, 4) is 5.75 Å². The third-order valence-electron chi connectivity index (χ3n) is 2.55. The van der Waals surface area contributed by atoms with Gasteiger partial charge in [0, 0.05) is 26.4 Å². The topological polar surface area (TPSA) is 75.7 Å². The fourth-order valence-electron chi connectivity index (χ4n) is 1.45. The summed E-state index contributed by atoms with van der Waals surface area (Å²) in [5.74, 6) is 0.257. The minimum absolute atomic E-state index is 0.0736. The molecule has 8 heteroatoms. The van der Waals surface area contributed by atoms with E-state index in [1.807, 2.05) is 0 Å². The van der Waals surface area contributed by atoms with Crippen LogP contribution in [-0.4, -0.2) is 45.7 Å². The first-order valence-corrected chi connectivity index (χ1v) is 7.76. The molecule has 0 aliphatic heterocycles. The van der Waals surface area contributed by atoms with Gasteiger partial charge in [-0.05, 0) is 18.2 Å². The van der Waals surface area contributed by atoms with E-state index >= 15 is 0 Å². The average molecular weight is 321 g/mol. The highest BCUT2D eigenvalue weighted by Gasteiger charge is 2.19. The Labute approximate surface area is 123 Å². The van der Waals surface area contributed by atoms with Gasteiger partial charge < -0.3 is 10.1 Å². The Bertz CT molecular complexity index is 587. The predicted molar refractivity (Wildman–Crippen MR) is 77.8 cm³/mol. The third kappa shape index (κ3) is 3.84. The van der Waals surface area contributed by atoms with Crippen LogP contribution in [0.25, 0.3) is 0 Å². The van der Waals surface area contributed by atoms with Gasteiger partial charge in [-0.2, -0.15) is 0 Å². The van der Waals surface area contributed by atoms with Crippen molar-refractivity contribution in [2.24, 2.45) is 0 Å². The summed E-state index contributed by atoms with van der Waals surface area (Å²) in [4.78, 5) is 11.6. The van der Waals surface area contributed by atoms with E-state index < -0.39 is 10.0 Å². The standard InChI is InChI=1S/C12H17ClN2O4S/c1-15(2)20(17,18)9-4-5-11(19-3)10(8-9)14-12(16)6-7-13/h4-5,8H,6-7H2,1-3H3,(H,14,16). The van der Waals surface area contributed by atoms with Crippen molar-refractivity contribution in [2.75, 3.05) is 32.4 Å². The smallest absolute Gasteiger partial charge is 0.242 e. The van der Waals surface area contributed by atoms with Crippen LogP contribution in [-0.2, 0) is 14.8 Å². The zero-order valence-corrected chi connectivity index (χ0v) is 13.1. The Morgan fingerprint density at radius 1 is 1.40 bits per heavy atom. The zero-order chi connectivity index (χ0) is 15.3. The molecule has 0 saturated heterocycles. The number of methoxy groups -OCH3 is 1. The number of nitrogens with zero attached hydrogens (tertiary/aromatic N) is 1. The van der Waals surface area contributed by atoms with Crippen molar-refractivity contribution >= 4 is 33.2 Å². The number of alkyl halides is 1. The van der Waals surface area contributed by atoms with Crippen molar-refractivity contribution in [2.45, 2.75) is 11.3 Å². The number of benzene rings is 1. The summed E-state index contributed by atoms with van der Waals surface area (Å²) in [6.07, 6.45) is 0.134. The molecule has 0 saturated carbocycles. The van der Waals surface area contributed by atoms with E-state index in [-0.39, 0.29) is 23.1 Å². The fourth-order valence-corrected chi connectivity index (χ4v) is 2.55. The van der Waals surface area contributed by atoms with Crippen LogP contribution < -0.4 is 10.1 Å². The molecular formula is C12H17ClN2O4S. The number of halogens is 1. The van der Waals surface area contributed by atoms with E-state index in [0.717, 1.165) is 4.31 Å². The Balaban J connectivity index is 3.19. The van der Waals surface area contributed by atoms with Gasteiger partial charge in [0.15, 0.2) is 0 Å². The second kappa shape index (κ2) is 6.92. The lowest BCUT2D eigenvalue weighted by molar-refractivity contribution is -0.115. The second-order valence-electron chi connectivity index (χ2n) is 4.14. The SMILES string of the molecule is COc1ccc(S(=O)(=O)N(C)C)cc1NC(=O)CCCl. The number of anilines is 1. The monoisotopic (exact) mass is 320 g/mol. The molecule has 0 radical (unpaired) electrons. The van der Waals surface area contributed by atoms with E-state index in [4.69, 9.17) is 16.3 Å². The van der Waals surface area contributed by atoms with Crippen LogP contribution in [0.2, 0.25) is 0 Å². The molecule has 1 aromatic rings. The van der Waals surface area contributed by atoms with E-state index in [9.17, 15) is 13.2 Å². The van der Waals surface area contributed by atoms with Crippen molar-refractivity contribution in [3.05, 3.63) is 18.2 Å². The molecule has 0 aliphatic rings. The Hall–Kier alpha value is -1.31. The molecular weight excluding hydrogens is 304 g/mol. The third-order valence-corrected chi connectivity index (χ3v) is 4.55. The van der Waals surface area contributed by atoms with Gasteiger partial charge >= 0.3 is 0 Å². The molecule has 112 valence electrons. The summed E-state index contributed by atoms with van der Waals surface area (Å²) in [6, 6.07) is 4.28. The number of rotatable bonds is 6. The Morgan fingerprint density at radius 2 is 2.05 bits per heavy atom.